The molecule has 0 saturated heterocycles. The average molecular weight is 381 g/mol. The summed E-state index contributed by atoms with van der Waals surface area (Å²) in [5.41, 5.74) is 5.04. The number of aryl methyl sites for hydroxylation is 3. The fourth-order valence-electron chi connectivity index (χ4n) is 2.87. The van der Waals surface area contributed by atoms with Gasteiger partial charge in [0, 0.05) is 24.2 Å². The molecule has 2 N–H and O–H groups in total. The van der Waals surface area contributed by atoms with E-state index in [0.717, 1.165) is 53.7 Å². The Hall–Kier alpha value is -3.09. The summed E-state index contributed by atoms with van der Waals surface area (Å²) >= 11 is 0. The van der Waals surface area contributed by atoms with E-state index in [0.29, 0.717) is 12.4 Å². The number of oxazole rings is 1. The van der Waals surface area contributed by atoms with Gasteiger partial charge in [-0.05, 0) is 46.2 Å². The monoisotopic (exact) mass is 381 g/mol. The van der Waals surface area contributed by atoms with Crippen LogP contribution in [0.1, 0.15) is 35.2 Å². The molecule has 0 amide bonds. The van der Waals surface area contributed by atoms with Crippen molar-refractivity contribution in [2.24, 2.45) is 4.99 Å². The molecular formula is C21H27N5O2. The lowest BCUT2D eigenvalue weighted by Gasteiger charge is -2.10. The van der Waals surface area contributed by atoms with Crippen molar-refractivity contribution < 1.29 is 8.94 Å². The number of benzene rings is 1. The van der Waals surface area contributed by atoms with Crippen LogP contribution in [0.15, 0.2) is 44.5 Å². The van der Waals surface area contributed by atoms with Gasteiger partial charge in [-0.3, -0.25) is 0 Å². The van der Waals surface area contributed by atoms with Gasteiger partial charge >= 0.3 is 0 Å². The van der Waals surface area contributed by atoms with E-state index in [-0.39, 0.29) is 0 Å². The van der Waals surface area contributed by atoms with E-state index in [1.54, 1.807) is 6.26 Å². The van der Waals surface area contributed by atoms with E-state index in [9.17, 15) is 0 Å². The number of aliphatic imine (C=N–C) groups is 1. The van der Waals surface area contributed by atoms with E-state index in [2.05, 4.69) is 32.7 Å². The van der Waals surface area contributed by atoms with E-state index >= 15 is 0 Å². The van der Waals surface area contributed by atoms with Crippen LogP contribution in [0.2, 0.25) is 0 Å². The van der Waals surface area contributed by atoms with Gasteiger partial charge in [-0.15, -0.1) is 0 Å². The Bertz CT molecular complexity index is 905. The maximum atomic E-state index is 5.60. The molecular weight excluding hydrogens is 354 g/mol. The number of hydrogen-bond acceptors (Lipinski definition) is 5. The van der Waals surface area contributed by atoms with E-state index in [1.165, 1.54) is 5.56 Å². The molecule has 0 aliphatic rings. The Morgan fingerprint density at radius 1 is 1.11 bits per heavy atom. The van der Waals surface area contributed by atoms with Gasteiger partial charge in [0.1, 0.15) is 17.7 Å². The summed E-state index contributed by atoms with van der Waals surface area (Å²) in [4.78, 5) is 9.14. The third-order valence-corrected chi connectivity index (χ3v) is 4.44. The Kier molecular flexibility index (Phi) is 6.47. The van der Waals surface area contributed by atoms with E-state index < -0.39 is 0 Å². The van der Waals surface area contributed by atoms with Crippen LogP contribution in [0.5, 0.6) is 0 Å². The second-order valence-corrected chi connectivity index (χ2v) is 6.68. The first-order valence-electron chi connectivity index (χ1n) is 9.52. The lowest BCUT2D eigenvalue weighted by Crippen LogP contribution is -2.38. The molecule has 28 heavy (non-hydrogen) atoms. The standard InChI is InChI=1S/C21H27N5O2/c1-5-22-21(23-11-10-19-15(3)26-28-16(19)4)24-12-18-13-27-20(25-18)17-8-6-14(2)7-9-17/h6-9,13H,5,10-12H2,1-4H3,(H2,22,23,24). The van der Waals surface area contributed by atoms with E-state index in [1.807, 2.05) is 45.0 Å². The molecule has 7 nitrogen and oxygen atoms in total. The first-order chi connectivity index (χ1) is 13.6. The number of nitrogens with zero attached hydrogens (tertiary/aromatic N) is 3. The maximum Gasteiger partial charge on any atom is 0.226 e. The Morgan fingerprint density at radius 3 is 2.57 bits per heavy atom. The first kappa shape index (κ1) is 19.7. The van der Waals surface area contributed by atoms with Crippen LogP contribution in [0, 0.1) is 20.8 Å². The van der Waals surface area contributed by atoms with Gasteiger partial charge in [0.05, 0.1) is 12.2 Å². The highest BCUT2D eigenvalue weighted by Gasteiger charge is 2.09. The van der Waals surface area contributed by atoms with Crippen LogP contribution >= 0.6 is 0 Å². The third kappa shape index (κ3) is 5.00. The third-order valence-electron chi connectivity index (χ3n) is 4.44. The van der Waals surface area contributed by atoms with Gasteiger partial charge in [0.15, 0.2) is 5.96 Å². The van der Waals surface area contributed by atoms with Crippen molar-refractivity contribution in [3.8, 4) is 11.5 Å². The first-order valence-corrected chi connectivity index (χ1v) is 9.52. The van der Waals surface area contributed by atoms with Crippen molar-refractivity contribution in [1.29, 1.82) is 0 Å². The normalized spacial score (nSPS) is 11.6. The lowest BCUT2D eigenvalue weighted by atomic mass is 10.1. The summed E-state index contributed by atoms with van der Waals surface area (Å²) < 4.78 is 10.8. The zero-order valence-corrected chi connectivity index (χ0v) is 16.9. The van der Waals surface area contributed by atoms with Crippen molar-refractivity contribution >= 4 is 5.96 Å². The molecule has 0 spiro atoms. The molecule has 3 aromatic rings. The molecule has 0 atom stereocenters. The average Bonchev–Trinajstić information content (AvgIpc) is 3.28. The van der Waals surface area contributed by atoms with Crippen LogP contribution in [-0.2, 0) is 13.0 Å². The summed E-state index contributed by atoms with van der Waals surface area (Å²) in [6.07, 6.45) is 2.49. The minimum absolute atomic E-state index is 0.440. The second-order valence-electron chi connectivity index (χ2n) is 6.68. The summed E-state index contributed by atoms with van der Waals surface area (Å²) in [6.45, 7) is 9.95. The quantitative estimate of drug-likeness (QED) is 0.481. The number of guanidine groups is 1. The topological polar surface area (TPSA) is 88.5 Å². The predicted octanol–water partition coefficient (Wildman–Crippen LogP) is 3.55. The van der Waals surface area contributed by atoms with Crippen LogP contribution in [0.3, 0.4) is 0 Å². The molecule has 0 saturated carbocycles. The van der Waals surface area contributed by atoms with Gasteiger partial charge in [-0.2, -0.15) is 0 Å². The number of aromatic nitrogens is 2. The van der Waals surface area contributed by atoms with Gasteiger partial charge in [-0.1, -0.05) is 22.9 Å². The molecule has 3 rings (SSSR count). The second kappa shape index (κ2) is 9.21. The molecule has 148 valence electrons. The van der Waals surface area contributed by atoms with Crippen molar-refractivity contribution in [3.63, 3.8) is 0 Å². The molecule has 0 aliphatic heterocycles. The molecule has 0 bridgehead atoms. The van der Waals surface area contributed by atoms with E-state index in [4.69, 9.17) is 8.94 Å². The molecule has 2 aromatic heterocycles. The highest BCUT2D eigenvalue weighted by atomic mass is 16.5. The molecule has 2 heterocycles. The van der Waals surface area contributed by atoms with Crippen LogP contribution in [0.25, 0.3) is 11.5 Å². The van der Waals surface area contributed by atoms with Gasteiger partial charge in [-0.25, -0.2) is 9.98 Å². The molecule has 0 aliphatic carbocycles. The molecule has 7 heteroatoms. The maximum absolute atomic E-state index is 5.60. The van der Waals surface area contributed by atoms with Crippen molar-refractivity contribution in [2.45, 2.75) is 40.7 Å². The molecule has 0 unspecified atom stereocenters. The summed E-state index contributed by atoms with van der Waals surface area (Å²) in [5, 5.41) is 10.6. The van der Waals surface area contributed by atoms with Crippen LogP contribution in [-0.4, -0.2) is 29.2 Å². The Morgan fingerprint density at radius 2 is 1.89 bits per heavy atom. The van der Waals surface area contributed by atoms with Crippen molar-refractivity contribution in [1.82, 2.24) is 20.8 Å². The number of hydrogen-bond donors (Lipinski definition) is 2. The minimum atomic E-state index is 0.440. The summed E-state index contributed by atoms with van der Waals surface area (Å²) in [7, 11) is 0. The fraction of sp³-hybridized carbons (Fsp3) is 0.381. The highest BCUT2D eigenvalue weighted by Crippen LogP contribution is 2.19. The van der Waals surface area contributed by atoms with Gasteiger partial charge < -0.3 is 19.6 Å². The zero-order valence-electron chi connectivity index (χ0n) is 16.9. The SMILES string of the molecule is CCNC(=NCc1coc(-c2ccc(C)cc2)n1)NCCc1c(C)noc1C. The van der Waals surface area contributed by atoms with Gasteiger partial charge in [0.25, 0.3) is 0 Å². The lowest BCUT2D eigenvalue weighted by molar-refractivity contribution is 0.392. The highest BCUT2D eigenvalue weighted by molar-refractivity contribution is 5.79. The fourth-order valence-corrected chi connectivity index (χ4v) is 2.87. The zero-order chi connectivity index (χ0) is 19.9. The van der Waals surface area contributed by atoms with Crippen LogP contribution < -0.4 is 10.6 Å². The van der Waals surface area contributed by atoms with Gasteiger partial charge in [0.2, 0.25) is 5.89 Å². The Balaban J connectivity index is 1.59. The molecule has 0 fully saturated rings. The summed E-state index contributed by atoms with van der Waals surface area (Å²) in [5.74, 6) is 2.23. The van der Waals surface area contributed by atoms with Crippen molar-refractivity contribution in [2.75, 3.05) is 13.1 Å². The smallest absolute Gasteiger partial charge is 0.226 e. The number of nitrogens with one attached hydrogen (secondary N) is 2. The van der Waals surface area contributed by atoms with Crippen LogP contribution in [0.4, 0.5) is 0 Å². The molecule has 0 radical (unpaired) electrons. The summed E-state index contributed by atoms with van der Waals surface area (Å²) in [6, 6.07) is 8.11. The largest absolute Gasteiger partial charge is 0.444 e. The van der Waals surface area contributed by atoms with Crippen molar-refractivity contribution in [3.05, 3.63) is 58.8 Å². The predicted molar refractivity (Wildman–Crippen MR) is 109 cm³/mol. The molecule has 1 aromatic carbocycles. The minimum Gasteiger partial charge on any atom is -0.444 e. The number of rotatable bonds is 7. The Labute approximate surface area is 165 Å².